The number of carbonyl (C=O) groups is 1. The molecule has 1 amide bonds. The fraction of sp³-hybridized carbons (Fsp3) is 0.462. The van der Waals surface area contributed by atoms with E-state index in [9.17, 15) is 18.0 Å². The van der Waals surface area contributed by atoms with Gasteiger partial charge in [0.2, 0.25) is 0 Å². The van der Waals surface area contributed by atoms with E-state index in [-0.39, 0.29) is 40.8 Å². The average Bonchev–Trinajstić information content (AvgIpc) is 2.36. The molecule has 0 bridgehead atoms. The van der Waals surface area contributed by atoms with Crippen molar-refractivity contribution in [3.63, 3.8) is 0 Å². The summed E-state index contributed by atoms with van der Waals surface area (Å²) in [6.45, 7) is 3.32. The van der Waals surface area contributed by atoms with E-state index >= 15 is 0 Å². The zero-order valence-corrected chi connectivity index (χ0v) is 11.9. The van der Waals surface area contributed by atoms with Crippen molar-refractivity contribution in [1.29, 1.82) is 0 Å². The minimum Gasteiger partial charge on any atom is -0.396 e. The maximum atomic E-state index is 12.4. The molecule has 0 aliphatic carbocycles. The molecule has 0 heterocycles. The predicted molar refractivity (Wildman–Crippen MR) is 71.5 cm³/mol. The molecule has 3 nitrogen and oxygen atoms in total. The minimum absolute atomic E-state index is 0.0215. The highest BCUT2D eigenvalue weighted by Gasteiger charge is 2.31. The van der Waals surface area contributed by atoms with Gasteiger partial charge in [-0.2, -0.15) is 13.2 Å². The molecule has 2 unspecified atom stereocenters. The fourth-order valence-electron chi connectivity index (χ4n) is 1.45. The van der Waals surface area contributed by atoms with Gasteiger partial charge in [0.15, 0.2) is 0 Å². The van der Waals surface area contributed by atoms with Crippen LogP contribution in [0.15, 0.2) is 29.2 Å². The Bertz CT molecular complexity index is 465. The number of aliphatic hydroxyl groups excluding tert-OH is 1. The number of aliphatic hydroxyl groups is 1. The predicted octanol–water partition coefficient (Wildman–Crippen LogP) is 3.05. The van der Waals surface area contributed by atoms with E-state index in [4.69, 9.17) is 5.11 Å². The molecule has 0 fully saturated rings. The van der Waals surface area contributed by atoms with Gasteiger partial charge < -0.3 is 10.4 Å². The van der Waals surface area contributed by atoms with E-state index in [2.05, 4.69) is 5.32 Å². The van der Waals surface area contributed by atoms with Crippen molar-refractivity contribution in [1.82, 2.24) is 5.32 Å². The van der Waals surface area contributed by atoms with Crippen molar-refractivity contribution in [3.05, 3.63) is 29.8 Å². The van der Waals surface area contributed by atoms with Gasteiger partial charge in [0, 0.05) is 17.5 Å². The van der Waals surface area contributed by atoms with Gasteiger partial charge in [-0.25, -0.2) is 0 Å². The normalized spacial score (nSPS) is 14.7. The summed E-state index contributed by atoms with van der Waals surface area (Å²) >= 11 is -0.313. The van der Waals surface area contributed by atoms with Crippen LogP contribution in [-0.4, -0.2) is 29.2 Å². The average molecular weight is 307 g/mol. The van der Waals surface area contributed by atoms with E-state index in [1.54, 1.807) is 13.8 Å². The zero-order chi connectivity index (χ0) is 15.3. The van der Waals surface area contributed by atoms with Crippen LogP contribution in [0.3, 0.4) is 0 Å². The molecule has 0 radical (unpaired) electrons. The van der Waals surface area contributed by atoms with Gasteiger partial charge in [0.05, 0.1) is 5.56 Å². The third-order valence-electron chi connectivity index (χ3n) is 2.86. The third-order valence-corrected chi connectivity index (χ3v) is 3.67. The van der Waals surface area contributed by atoms with Crippen LogP contribution >= 0.6 is 11.8 Å². The molecule has 1 aromatic carbocycles. The summed E-state index contributed by atoms with van der Waals surface area (Å²) in [7, 11) is 0. The Hall–Kier alpha value is -1.21. The molecule has 0 saturated heterocycles. The Morgan fingerprint density at radius 2 is 1.95 bits per heavy atom. The highest BCUT2D eigenvalue weighted by molar-refractivity contribution is 8.00. The number of hydrogen-bond donors (Lipinski definition) is 2. The number of carbonyl (C=O) groups excluding carboxylic acids is 1. The lowest BCUT2D eigenvalue weighted by atomic mass is 10.0. The molecule has 0 aliphatic heterocycles. The fourth-order valence-corrected chi connectivity index (χ4v) is 2.12. The van der Waals surface area contributed by atoms with Crippen LogP contribution in [0.5, 0.6) is 0 Å². The summed E-state index contributed by atoms with van der Waals surface area (Å²) < 4.78 is 37.3. The topological polar surface area (TPSA) is 49.3 Å². The van der Waals surface area contributed by atoms with Crippen LogP contribution in [-0.2, 0) is 0 Å². The van der Waals surface area contributed by atoms with Gasteiger partial charge in [-0.05, 0) is 36.7 Å². The summed E-state index contributed by atoms with van der Waals surface area (Å²) in [4.78, 5) is 11.9. The molecular formula is C13H16F3NO2S. The summed E-state index contributed by atoms with van der Waals surface area (Å²) in [6.07, 6.45) is 0. The Balaban J connectivity index is 2.88. The second kappa shape index (κ2) is 6.99. The van der Waals surface area contributed by atoms with Crippen molar-refractivity contribution in [2.75, 3.05) is 6.61 Å². The summed E-state index contributed by atoms with van der Waals surface area (Å²) in [5, 5.41) is 11.6. The second-order valence-corrected chi connectivity index (χ2v) is 5.57. The van der Waals surface area contributed by atoms with Crippen LogP contribution in [0, 0.1) is 5.92 Å². The van der Waals surface area contributed by atoms with Crippen molar-refractivity contribution in [3.8, 4) is 0 Å². The summed E-state index contributed by atoms with van der Waals surface area (Å²) in [6, 6.07) is 5.23. The quantitative estimate of drug-likeness (QED) is 0.822. The first-order valence-electron chi connectivity index (χ1n) is 6.01. The molecule has 0 aromatic heterocycles. The van der Waals surface area contributed by atoms with E-state index in [1.807, 2.05) is 0 Å². The number of amides is 1. The van der Waals surface area contributed by atoms with Gasteiger partial charge in [-0.1, -0.05) is 19.1 Å². The van der Waals surface area contributed by atoms with Crippen LogP contribution in [0.2, 0.25) is 0 Å². The Morgan fingerprint density at radius 3 is 2.50 bits per heavy atom. The number of thioether (sulfide) groups is 1. The molecule has 20 heavy (non-hydrogen) atoms. The van der Waals surface area contributed by atoms with Crippen LogP contribution < -0.4 is 5.32 Å². The molecule has 2 atom stereocenters. The van der Waals surface area contributed by atoms with Crippen molar-refractivity contribution in [2.24, 2.45) is 5.92 Å². The number of hydrogen-bond acceptors (Lipinski definition) is 3. The van der Waals surface area contributed by atoms with Gasteiger partial charge in [0.1, 0.15) is 0 Å². The lowest BCUT2D eigenvalue weighted by molar-refractivity contribution is -0.0328. The lowest BCUT2D eigenvalue weighted by Gasteiger charge is -2.20. The Kier molecular flexibility index (Phi) is 5.88. The van der Waals surface area contributed by atoms with E-state index in [0.717, 1.165) is 0 Å². The van der Waals surface area contributed by atoms with Gasteiger partial charge >= 0.3 is 5.51 Å². The minimum atomic E-state index is -4.44. The number of benzene rings is 1. The first-order valence-corrected chi connectivity index (χ1v) is 6.82. The SMILES string of the molecule is CC(CO)C(C)NC(=O)c1ccccc1SC(F)(F)F. The van der Waals surface area contributed by atoms with Gasteiger partial charge in [-0.3, -0.25) is 4.79 Å². The number of nitrogens with one attached hydrogen (secondary N) is 1. The maximum absolute atomic E-state index is 12.4. The van der Waals surface area contributed by atoms with E-state index in [1.165, 1.54) is 24.3 Å². The lowest BCUT2D eigenvalue weighted by Crippen LogP contribution is -2.38. The number of alkyl halides is 3. The smallest absolute Gasteiger partial charge is 0.396 e. The van der Waals surface area contributed by atoms with Crippen LogP contribution in [0.25, 0.3) is 0 Å². The highest BCUT2D eigenvalue weighted by Crippen LogP contribution is 2.38. The zero-order valence-electron chi connectivity index (χ0n) is 11.1. The highest BCUT2D eigenvalue weighted by atomic mass is 32.2. The number of rotatable bonds is 5. The third kappa shape index (κ3) is 5.05. The summed E-state index contributed by atoms with van der Waals surface area (Å²) in [5.74, 6) is -0.758. The Morgan fingerprint density at radius 1 is 1.35 bits per heavy atom. The number of halogens is 3. The molecule has 1 aromatic rings. The van der Waals surface area contributed by atoms with Crippen LogP contribution in [0.4, 0.5) is 13.2 Å². The van der Waals surface area contributed by atoms with Crippen LogP contribution in [0.1, 0.15) is 24.2 Å². The molecule has 1 rings (SSSR count). The standard InChI is InChI=1S/C13H16F3NO2S/c1-8(7-18)9(2)17-12(19)10-5-3-4-6-11(10)20-13(14,15)16/h3-6,8-9,18H,7H2,1-2H3,(H,17,19). The van der Waals surface area contributed by atoms with E-state index < -0.39 is 11.4 Å². The molecule has 0 aliphatic rings. The molecule has 0 saturated carbocycles. The molecular weight excluding hydrogens is 291 g/mol. The largest absolute Gasteiger partial charge is 0.446 e. The Labute approximate surface area is 119 Å². The van der Waals surface area contributed by atoms with Crippen molar-refractivity contribution in [2.45, 2.75) is 30.3 Å². The molecule has 2 N–H and O–H groups in total. The first kappa shape index (κ1) is 16.8. The summed E-state index contributed by atoms with van der Waals surface area (Å²) in [5.41, 5.74) is -4.47. The van der Waals surface area contributed by atoms with Crippen molar-refractivity contribution < 1.29 is 23.1 Å². The van der Waals surface area contributed by atoms with E-state index in [0.29, 0.717) is 0 Å². The second-order valence-electron chi connectivity index (χ2n) is 4.47. The molecule has 7 heteroatoms. The first-order chi connectivity index (χ1) is 9.24. The monoisotopic (exact) mass is 307 g/mol. The molecule has 0 spiro atoms. The molecule has 112 valence electrons. The van der Waals surface area contributed by atoms with Gasteiger partial charge in [0.25, 0.3) is 5.91 Å². The maximum Gasteiger partial charge on any atom is 0.446 e. The van der Waals surface area contributed by atoms with Crippen molar-refractivity contribution >= 4 is 17.7 Å². The van der Waals surface area contributed by atoms with Gasteiger partial charge in [-0.15, -0.1) is 0 Å².